The number of hydrogen-bond donors (Lipinski definition) is 1. The van der Waals surface area contributed by atoms with Crippen molar-refractivity contribution < 1.29 is 9.21 Å². The van der Waals surface area contributed by atoms with Crippen LogP contribution in [0.4, 0.5) is 0 Å². The van der Waals surface area contributed by atoms with Crippen LogP contribution in [0.3, 0.4) is 0 Å². The first kappa shape index (κ1) is 12.3. The number of furan rings is 1. The van der Waals surface area contributed by atoms with Gasteiger partial charge in [-0.15, -0.1) is 11.3 Å². The van der Waals surface area contributed by atoms with E-state index in [2.05, 4.69) is 33.1 Å². The van der Waals surface area contributed by atoms with Gasteiger partial charge in [-0.2, -0.15) is 5.10 Å². The number of halogens is 1. The molecule has 0 atom stereocenters. The molecule has 0 fully saturated rings. The fraction of sp³-hybridized carbons (Fsp3) is 0.0909. The Hall–Kier alpha value is -1.15. The lowest BCUT2D eigenvalue weighted by molar-refractivity contribution is -0.120. The minimum absolute atomic E-state index is 0.134. The summed E-state index contributed by atoms with van der Waals surface area (Å²) in [5.74, 6) is 0.482. The summed E-state index contributed by atoms with van der Waals surface area (Å²) in [6, 6.07) is 7.45. The molecule has 0 saturated carbocycles. The number of nitrogens with one attached hydrogen (secondary N) is 1. The Bertz CT molecular complexity index is 519. The maximum atomic E-state index is 11.5. The van der Waals surface area contributed by atoms with Crippen LogP contribution >= 0.6 is 33.9 Å². The molecule has 0 aliphatic rings. The molecule has 0 unspecified atom stereocenters. The number of nitrogens with zero attached hydrogens (tertiary/aromatic N) is 1. The van der Waals surface area contributed by atoms with Gasteiger partial charge in [-0.1, -0.05) is 6.07 Å². The van der Waals surface area contributed by atoms with Crippen LogP contribution in [0.2, 0.25) is 0 Å². The van der Waals surface area contributed by atoms with Crippen molar-refractivity contribution in [1.82, 2.24) is 5.43 Å². The Morgan fingerprint density at radius 1 is 1.53 bits per heavy atom. The first-order chi connectivity index (χ1) is 8.24. The van der Waals surface area contributed by atoms with Gasteiger partial charge in [-0.3, -0.25) is 4.79 Å². The van der Waals surface area contributed by atoms with Crippen molar-refractivity contribution in [3.8, 4) is 0 Å². The zero-order valence-electron chi connectivity index (χ0n) is 8.72. The van der Waals surface area contributed by atoms with Gasteiger partial charge in [0.25, 0.3) is 0 Å². The SMILES string of the molecule is O=C(Cc1cccs1)N/N=C/c1ccc(I)o1. The molecule has 0 saturated heterocycles. The Balaban J connectivity index is 1.82. The highest BCUT2D eigenvalue weighted by Crippen LogP contribution is 2.09. The van der Waals surface area contributed by atoms with Crippen molar-refractivity contribution >= 4 is 46.0 Å². The largest absolute Gasteiger partial charge is 0.449 e. The Morgan fingerprint density at radius 2 is 2.41 bits per heavy atom. The van der Waals surface area contributed by atoms with Gasteiger partial charge in [0.05, 0.1) is 12.6 Å². The van der Waals surface area contributed by atoms with Crippen molar-refractivity contribution in [1.29, 1.82) is 0 Å². The minimum atomic E-state index is -0.134. The van der Waals surface area contributed by atoms with Crippen LogP contribution < -0.4 is 5.43 Å². The van der Waals surface area contributed by atoms with Crippen LogP contribution in [0.25, 0.3) is 0 Å². The number of thiophene rings is 1. The standard InChI is InChI=1S/C11H9IN2O2S/c12-10-4-3-8(16-10)7-13-14-11(15)6-9-2-1-5-17-9/h1-5,7H,6H2,(H,14,15)/b13-7+. The summed E-state index contributed by atoms with van der Waals surface area (Å²) in [4.78, 5) is 12.5. The Kier molecular flexibility index (Phi) is 4.32. The molecule has 1 N–H and O–H groups in total. The lowest BCUT2D eigenvalue weighted by atomic mass is 10.3. The van der Waals surface area contributed by atoms with Crippen LogP contribution in [-0.4, -0.2) is 12.1 Å². The van der Waals surface area contributed by atoms with E-state index < -0.39 is 0 Å². The van der Waals surface area contributed by atoms with Gasteiger partial charge in [-0.25, -0.2) is 5.43 Å². The van der Waals surface area contributed by atoms with Crippen LogP contribution in [0, 0.1) is 3.77 Å². The second kappa shape index (κ2) is 5.97. The highest BCUT2D eigenvalue weighted by Gasteiger charge is 2.02. The van der Waals surface area contributed by atoms with E-state index in [4.69, 9.17) is 4.42 Å². The molecule has 0 aromatic carbocycles. The van der Waals surface area contributed by atoms with E-state index in [1.54, 1.807) is 17.4 Å². The minimum Gasteiger partial charge on any atom is -0.449 e. The van der Waals surface area contributed by atoms with Crippen molar-refractivity contribution in [3.63, 3.8) is 0 Å². The molecule has 17 heavy (non-hydrogen) atoms. The van der Waals surface area contributed by atoms with Gasteiger partial charge in [0.1, 0.15) is 5.76 Å². The van der Waals surface area contributed by atoms with Crippen LogP contribution in [0.1, 0.15) is 10.6 Å². The van der Waals surface area contributed by atoms with Crippen molar-refractivity contribution in [2.24, 2.45) is 5.10 Å². The van der Waals surface area contributed by atoms with Gasteiger partial charge in [0.15, 0.2) is 3.77 Å². The van der Waals surface area contributed by atoms with Crippen molar-refractivity contribution in [2.45, 2.75) is 6.42 Å². The van der Waals surface area contributed by atoms with Crippen molar-refractivity contribution in [2.75, 3.05) is 0 Å². The number of hydrazone groups is 1. The van der Waals surface area contributed by atoms with Gasteiger partial charge in [-0.05, 0) is 46.2 Å². The molecule has 2 heterocycles. The van der Waals surface area contributed by atoms with Crippen molar-refractivity contribution in [3.05, 3.63) is 44.0 Å². The molecule has 0 aliphatic heterocycles. The third kappa shape index (κ3) is 3.97. The van der Waals surface area contributed by atoms with E-state index in [1.807, 2.05) is 23.6 Å². The van der Waals surface area contributed by atoms with E-state index in [0.29, 0.717) is 12.2 Å². The molecule has 0 radical (unpaired) electrons. The predicted octanol–water partition coefficient (Wildman–Crippen LogP) is 2.64. The smallest absolute Gasteiger partial charge is 0.245 e. The van der Waals surface area contributed by atoms with E-state index in [9.17, 15) is 4.79 Å². The highest BCUT2D eigenvalue weighted by atomic mass is 127. The van der Waals surface area contributed by atoms with E-state index in [0.717, 1.165) is 8.64 Å². The Labute approximate surface area is 116 Å². The molecule has 0 aliphatic carbocycles. The van der Waals surface area contributed by atoms with Crippen LogP contribution in [0.5, 0.6) is 0 Å². The van der Waals surface area contributed by atoms with Gasteiger partial charge < -0.3 is 4.42 Å². The van der Waals surface area contributed by atoms with Gasteiger partial charge >= 0.3 is 0 Å². The normalized spacial score (nSPS) is 10.9. The fourth-order valence-corrected chi connectivity index (χ4v) is 2.31. The highest BCUT2D eigenvalue weighted by molar-refractivity contribution is 14.1. The number of hydrogen-bond acceptors (Lipinski definition) is 4. The summed E-state index contributed by atoms with van der Waals surface area (Å²) in [7, 11) is 0. The first-order valence-electron chi connectivity index (χ1n) is 4.83. The molecular weight excluding hydrogens is 351 g/mol. The maximum Gasteiger partial charge on any atom is 0.245 e. The molecule has 0 bridgehead atoms. The van der Waals surface area contributed by atoms with Crippen LogP contribution in [0.15, 0.2) is 39.2 Å². The quantitative estimate of drug-likeness (QED) is 0.518. The second-order valence-electron chi connectivity index (χ2n) is 3.19. The summed E-state index contributed by atoms with van der Waals surface area (Å²) >= 11 is 3.62. The third-order valence-electron chi connectivity index (χ3n) is 1.89. The molecule has 0 spiro atoms. The fourth-order valence-electron chi connectivity index (χ4n) is 1.18. The molecule has 6 heteroatoms. The molecule has 88 valence electrons. The van der Waals surface area contributed by atoms with Gasteiger partial charge in [0, 0.05) is 4.88 Å². The molecule has 2 aromatic rings. The summed E-state index contributed by atoms with van der Waals surface area (Å²) in [5, 5.41) is 5.76. The average molecular weight is 360 g/mol. The van der Waals surface area contributed by atoms with Crippen LogP contribution in [-0.2, 0) is 11.2 Å². The van der Waals surface area contributed by atoms with E-state index in [1.165, 1.54) is 6.21 Å². The maximum absolute atomic E-state index is 11.5. The average Bonchev–Trinajstić information content (AvgIpc) is 2.90. The lowest BCUT2D eigenvalue weighted by Crippen LogP contribution is -2.19. The summed E-state index contributed by atoms with van der Waals surface area (Å²) in [5.41, 5.74) is 2.45. The zero-order chi connectivity index (χ0) is 12.1. The number of amides is 1. The molecule has 2 rings (SSSR count). The Morgan fingerprint density at radius 3 is 3.06 bits per heavy atom. The molecule has 1 amide bonds. The number of carbonyl (C=O) groups is 1. The number of carbonyl (C=O) groups excluding carboxylic acids is 1. The summed E-state index contributed by atoms with van der Waals surface area (Å²) in [6.45, 7) is 0. The third-order valence-corrected chi connectivity index (χ3v) is 3.35. The lowest BCUT2D eigenvalue weighted by Gasteiger charge is -1.95. The number of rotatable bonds is 4. The first-order valence-corrected chi connectivity index (χ1v) is 6.79. The topological polar surface area (TPSA) is 54.6 Å². The summed E-state index contributed by atoms with van der Waals surface area (Å²) in [6.07, 6.45) is 1.83. The molecular formula is C11H9IN2O2S. The van der Waals surface area contributed by atoms with E-state index in [-0.39, 0.29) is 5.91 Å². The summed E-state index contributed by atoms with van der Waals surface area (Å²) < 4.78 is 6.05. The van der Waals surface area contributed by atoms with Gasteiger partial charge in [0.2, 0.25) is 5.91 Å². The molecule has 2 aromatic heterocycles. The monoisotopic (exact) mass is 360 g/mol. The predicted molar refractivity (Wildman–Crippen MR) is 75.2 cm³/mol. The second-order valence-corrected chi connectivity index (χ2v) is 5.29. The molecule has 4 nitrogen and oxygen atoms in total. The zero-order valence-corrected chi connectivity index (χ0v) is 11.7. The van der Waals surface area contributed by atoms with E-state index >= 15 is 0 Å².